The van der Waals surface area contributed by atoms with E-state index in [-0.39, 0.29) is 47.4 Å². The Labute approximate surface area is 228 Å². The van der Waals surface area contributed by atoms with Crippen LogP contribution in [0.25, 0.3) is 0 Å². The van der Waals surface area contributed by atoms with Crippen LogP contribution < -0.4 is 0 Å². The highest BCUT2D eigenvalue weighted by Crippen LogP contribution is 2.67. The van der Waals surface area contributed by atoms with Crippen molar-refractivity contribution in [1.29, 1.82) is 0 Å². The molecule has 1 heterocycles. The molecule has 0 aromatic carbocycles. The molecular formula is C28H44O11. The summed E-state index contributed by atoms with van der Waals surface area (Å²) >= 11 is 0. The maximum atomic E-state index is 13.8. The van der Waals surface area contributed by atoms with Crippen LogP contribution in [-0.4, -0.2) is 105 Å². The van der Waals surface area contributed by atoms with Gasteiger partial charge in [0.25, 0.3) is 0 Å². The summed E-state index contributed by atoms with van der Waals surface area (Å²) in [5, 5.41) is 62.5. The Morgan fingerprint density at radius 1 is 1.08 bits per heavy atom. The van der Waals surface area contributed by atoms with Gasteiger partial charge in [0.1, 0.15) is 30.2 Å². The summed E-state index contributed by atoms with van der Waals surface area (Å²) in [6, 6.07) is 0. The molecule has 0 amide bonds. The number of aliphatic hydroxyl groups excluding tert-OH is 5. The topological polar surface area (TPSA) is 183 Å². The highest BCUT2D eigenvalue weighted by Gasteiger charge is 2.68. The molecule has 14 atom stereocenters. The van der Waals surface area contributed by atoms with Crippen LogP contribution >= 0.6 is 0 Å². The molecule has 5 aliphatic rings. The average Bonchev–Trinajstić information content (AvgIpc) is 3.18. The lowest BCUT2D eigenvalue weighted by atomic mass is 9.44. The van der Waals surface area contributed by atoms with Crippen LogP contribution in [0.15, 0.2) is 0 Å². The minimum atomic E-state index is -1.65. The number of Topliss-reactive ketones (excluding diaryl/α,β-unsaturated/α-hetero) is 1. The number of fused-ring (bicyclic) bond motifs is 5. The fourth-order valence-corrected chi connectivity index (χ4v) is 9.35. The van der Waals surface area contributed by atoms with Crippen LogP contribution in [0, 0.1) is 34.5 Å². The number of aliphatic hydroxyl groups is 6. The second-order valence-corrected chi connectivity index (χ2v) is 13.2. The third-order valence-electron chi connectivity index (χ3n) is 11.6. The van der Waals surface area contributed by atoms with E-state index < -0.39 is 60.4 Å². The van der Waals surface area contributed by atoms with Crippen molar-refractivity contribution in [2.24, 2.45) is 34.5 Å². The summed E-state index contributed by atoms with van der Waals surface area (Å²) in [5.41, 5.74) is -2.54. The molecule has 5 fully saturated rings. The summed E-state index contributed by atoms with van der Waals surface area (Å²) in [5.74, 6) is -0.588. The Morgan fingerprint density at radius 3 is 2.46 bits per heavy atom. The van der Waals surface area contributed by atoms with Gasteiger partial charge >= 0.3 is 5.97 Å². The maximum absolute atomic E-state index is 13.8. The van der Waals surface area contributed by atoms with E-state index in [0.717, 1.165) is 20.0 Å². The normalized spacial score (nSPS) is 52.4. The molecule has 0 radical (unpaired) electrons. The minimum absolute atomic E-state index is 0.0760. The van der Waals surface area contributed by atoms with Gasteiger partial charge in [-0.15, -0.1) is 0 Å². The Hall–Kier alpha value is -1.18. The van der Waals surface area contributed by atoms with Gasteiger partial charge in [-0.2, -0.15) is 0 Å². The van der Waals surface area contributed by atoms with E-state index in [1.807, 2.05) is 6.92 Å². The second-order valence-electron chi connectivity index (χ2n) is 13.2. The fraction of sp³-hybridized carbons (Fsp3) is 0.929. The first-order valence-corrected chi connectivity index (χ1v) is 14.3. The third-order valence-corrected chi connectivity index (χ3v) is 11.6. The molecule has 4 aliphatic carbocycles. The van der Waals surface area contributed by atoms with Gasteiger partial charge in [-0.3, -0.25) is 4.79 Å². The van der Waals surface area contributed by atoms with Crippen molar-refractivity contribution in [1.82, 2.24) is 0 Å². The molecular weight excluding hydrogens is 512 g/mol. The van der Waals surface area contributed by atoms with Gasteiger partial charge in [-0.1, -0.05) is 13.8 Å². The first-order valence-electron chi connectivity index (χ1n) is 14.3. The molecule has 0 aromatic heterocycles. The summed E-state index contributed by atoms with van der Waals surface area (Å²) < 4.78 is 16.3. The molecule has 11 heteroatoms. The first kappa shape index (κ1) is 29.3. The molecule has 39 heavy (non-hydrogen) atoms. The van der Waals surface area contributed by atoms with Gasteiger partial charge < -0.3 is 44.8 Å². The molecule has 1 aliphatic heterocycles. The van der Waals surface area contributed by atoms with Crippen molar-refractivity contribution < 1.29 is 54.4 Å². The van der Waals surface area contributed by atoms with Crippen LogP contribution in [0.2, 0.25) is 0 Å². The molecule has 0 spiro atoms. The Kier molecular flexibility index (Phi) is 7.72. The molecule has 222 valence electrons. The first-order chi connectivity index (χ1) is 18.3. The molecule has 4 saturated carbocycles. The number of carbonyl (C=O) groups excluding carboxylic acids is 2. The highest BCUT2D eigenvalue weighted by molar-refractivity contribution is 5.84. The monoisotopic (exact) mass is 556 g/mol. The fourth-order valence-electron chi connectivity index (χ4n) is 9.35. The zero-order valence-electron chi connectivity index (χ0n) is 22.9. The molecule has 0 bridgehead atoms. The van der Waals surface area contributed by atoms with Crippen LogP contribution in [0.3, 0.4) is 0 Å². The number of hydrogen-bond acceptors (Lipinski definition) is 11. The van der Waals surface area contributed by atoms with Crippen LogP contribution in [-0.2, 0) is 23.8 Å². The molecule has 0 unspecified atom stereocenters. The summed E-state index contributed by atoms with van der Waals surface area (Å²) in [6.45, 7) is 3.53. The van der Waals surface area contributed by atoms with E-state index >= 15 is 0 Å². The number of esters is 1. The van der Waals surface area contributed by atoms with Crippen molar-refractivity contribution in [2.75, 3.05) is 13.7 Å². The SMILES string of the molecule is COC(=O)[C@H]1O[C@@H](O[C@@H]2CC[C@]3(C)[C@H](CC[C@H]4[C@H]5CC[C@](O)([C@H](O)CO)[C@]5(C)CC(=O)[C@@H]43)C2)[C@H](O)[C@@H](O)[C@H]1O. The maximum Gasteiger partial charge on any atom is 0.337 e. The van der Waals surface area contributed by atoms with Gasteiger partial charge in [0.15, 0.2) is 12.4 Å². The van der Waals surface area contributed by atoms with Crippen LogP contribution in [0.5, 0.6) is 0 Å². The summed E-state index contributed by atoms with van der Waals surface area (Å²) in [7, 11) is 1.14. The molecule has 11 nitrogen and oxygen atoms in total. The van der Waals surface area contributed by atoms with Crippen molar-refractivity contribution >= 4 is 11.8 Å². The second kappa shape index (κ2) is 10.3. The predicted octanol–water partition coefficient (Wildman–Crippen LogP) is -0.342. The largest absolute Gasteiger partial charge is 0.467 e. The smallest absolute Gasteiger partial charge is 0.337 e. The van der Waals surface area contributed by atoms with E-state index in [4.69, 9.17) is 9.47 Å². The van der Waals surface area contributed by atoms with Crippen molar-refractivity contribution in [2.45, 2.75) is 114 Å². The van der Waals surface area contributed by atoms with Gasteiger partial charge in [0.2, 0.25) is 0 Å². The zero-order valence-corrected chi connectivity index (χ0v) is 22.9. The van der Waals surface area contributed by atoms with Gasteiger partial charge in [-0.25, -0.2) is 4.79 Å². The summed E-state index contributed by atoms with van der Waals surface area (Å²) in [4.78, 5) is 25.9. The van der Waals surface area contributed by atoms with Crippen LogP contribution in [0.1, 0.15) is 65.2 Å². The average molecular weight is 557 g/mol. The minimum Gasteiger partial charge on any atom is -0.467 e. The quantitative estimate of drug-likeness (QED) is 0.192. The Morgan fingerprint density at radius 2 is 1.79 bits per heavy atom. The van der Waals surface area contributed by atoms with E-state index in [2.05, 4.69) is 11.7 Å². The lowest BCUT2D eigenvalue weighted by Crippen LogP contribution is -2.63. The van der Waals surface area contributed by atoms with Crippen LogP contribution in [0.4, 0.5) is 0 Å². The van der Waals surface area contributed by atoms with E-state index in [1.54, 1.807) is 0 Å². The van der Waals surface area contributed by atoms with Crippen molar-refractivity contribution in [3.8, 4) is 0 Å². The van der Waals surface area contributed by atoms with Crippen molar-refractivity contribution in [3.63, 3.8) is 0 Å². The lowest BCUT2D eigenvalue weighted by molar-refractivity contribution is -0.309. The van der Waals surface area contributed by atoms with E-state index in [9.17, 15) is 40.2 Å². The number of carbonyl (C=O) groups is 2. The highest BCUT2D eigenvalue weighted by atomic mass is 16.7. The van der Waals surface area contributed by atoms with Gasteiger partial charge in [0.05, 0.1) is 25.4 Å². The number of hydrogen-bond donors (Lipinski definition) is 6. The molecule has 1 saturated heterocycles. The van der Waals surface area contributed by atoms with E-state index in [0.29, 0.717) is 32.1 Å². The Balaban J connectivity index is 1.30. The summed E-state index contributed by atoms with van der Waals surface area (Å²) in [6.07, 6.45) is -4.42. The zero-order chi connectivity index (χ0) is 28.5. The number of ketones is 1. The molecule has 0 aromatic rings. The van der Waals surface area contributed by atoms with Crippen molar-refractivity contribution in [3.05, 3.63) is 0 Å². The predicted molar refractivity (Wildman–Crippen MR) is 134 cm³/mol. The third kappa shape index (κ3) is 4.31. The molecule has 6 N–H and O–H groups in total. The van der Waals surface area contributed by atoms with Gasteiger partial charge in [-0.05, 0) is 68.1 Å². The van der Waals surface area contributed by atoms with E-state index in [1.165, 1.54) is 0 Å². The number of ether oxygens (including phenoxy) is 3. The van der Waals surface area contributed by atoms with Gasteiger partial charge in [0, 0.05) is 17.8 Å². The standard InChI is InChI=1S/C28H44O11/c1-26-8-6-14(38-25-22(34)20(32)21(33)23(39-25)24(35)37-3)10-13(26)4-5-15-16-7-9-28(36,18(31)12-29)27(16,2)11-17(30)19(15)26/h13-16,18-23,25,29,31-34,36H,4-12H2,1-3H3/t13-,14-,15+,16-,18-,19-,20+,21-,22-,23+,25-,26-,27-,28+/m1/s1. The molecule has 5 rings (SSSR count). The Bertz CT molecular complexity index is 960. The lowest BCUT2D eigenvalue weighted by Gasteiger charge is -2.61. The number of methoxy groups -OCH3 is 1. The number of rotatable bonds is 5.